The standard InChI is InChI=1S/C14H19NO4/c1-9-4-5-11(10(6-9)14(16)17)15-7-12(18-2)13(8-15)19-3/h4-6,12-13H,7-8H2,1-3H3,(H,16,17). The first kappa shape index (κ1) is 13.8. The minimum atomic E-state index is -0.909. The third-order valence-electron chi connectivity index (χ3n) is 3.54. The van der Waals surface area contributed by atoms with Crippen LogP contribution in [0.5, 0.6) is 0 Å². The lowest BCUT2D eigenvalue weighted by molar-refractivity contribution is -0.00461. The summed E-state index contributed by atoms with van der Waals surface area (Å²) in [5.74, 6) is -0.909. The summed E-state index contributed by atoms with van der Waals surface area (Å²) in [4.78, 5) is 13.3. The Bertz CT molecular complexity index is 463. The molecule has 2 rings (SSSR count). The van der Waals surface area contributed by atoms with Crippen LogP contribution in [0.15, 0.2) is 18.2 Å². The van der Waals surface area contributed by atoms with Crippen LogP contribution >= 0.6 is 0 Å². The molecule has 1 aromatic rings. The number of rotatable bonds is 4. The molecule has 0 bridgehead atoms. The molecule has 0 spiro atoms. The molecule has 1 N–H and O–H groups in total. The van der Waals surface area contributed by atoms with Crippen molar-refractivity contribution < 1.29 is 19.4 Å². The highest BCUT2D eigenvalue weighted by atomic mass is 16.5. The largest absolute Gasteiger partial charge is 0.478 e. The van der Waals surface area contributed by atoms with E-state index < -0.39 is 5.97 Å². The van der Waals surface area contributed by atoms with Gasteiger partial charge in [0.15, 0.2) is 0 Å². The second kappa shape index (κ2) is 5.59. The molecule has 2 unspecified atom stereocenters. The molecule has 0 radical (unpaired) electrons. The van der Waals surface area contributed by atoms with Gasteiger partial charge in [0.2, 0.25) is 0 Å². The first-order valence-corrected chi connectivity index (χ1v) is 6.21. The number of hydrogen-bond donors (Lipinski definition) is 1. The average Bonchev–Trinajstić information content (AvgIpc) is 2.81. The molecule has 1 aromatic carbocycles. The Morgan fingerprint density at radius 2 is 1.84 bits per heavy atom. The summed E-state index contributed by atoms with van der Waals surface area (Å²) in [6, 6.07) is 5.47. The van der Waals surface area contributed by atoms with Gasteiger partial charge in [0.25, 0.3) is 0 Å². The van der Waals surface area contributed by atoms with E-state index in [-0.39, 0.29) is 12.2 Å². The maximum Gasteiger partial charge on any atom is 0.337 e. The fraction of sp³-hybridized carbons (Fsp3) is 0.500. The topological polar surface area (TPSA) is 59.0 Å². The number of ether oxygens (including phenoxy) is 2. The number of nitrogens with zero attached hydrogens (tertiary/aromatic N) is 1. The van der Waals surface area contributed by atoms with Crippen molar-refractivity contribution in [2.24, 2.45) is 0 Å². The van der Waals surface area contributed by atoms with Crippen LogP contribution in [0.25, 0.3) is 0 Å². The van der Waals surface area contributed by atoms with Gasteiger partial charge in [-0.1, -0.05) is 11.6 Å². The molecule has 104 valence electrons. The number of benzene rings is 1. The molecule has 5 heteroatoms. The van der Waals surface area contributed by atoms with Gasteiger partial charge in [-0.05, 0) is 19.1 Å². The van der Waals surface area contributed by atoms with Gasteiger partial charge in [0.1, 0.15) is 12.2 Å². The van der Waals surface area contributed by atoms with Gasteiger partial charge in [-0.3, -0.25) is 0 Å². The third-order valence-corrected chi connectivity index (χ3v) is 3.54. The van der Waals surface area contributed by atoms with E-state index >= 15 is 0 Å². The Labute approximate surface area is 112 Å². The Morgan fingerprint density at radius 3 is 2.32 bits per heavy atom. The Morgan fingerprint density at radius 1 is 1.26 bits per heavy atom. The Hall–Kier alpha value is -1.59. The second-order valence-corrected chi connectivity index (χ2v) is 4.78. The number of methoxy groups -OCH3 is 2. The highest BCUT2D eigenvalue weighted by molar-refractivity contribution is 5.94. The minimum absolute atomic E-state index is 0.0343. The van der Waals surface area contributed by atoms with Crippen LogP contribution < -0.4 is 4.90 Å². The maximum absolute atomic E-state index is 11.3. The predicted octanol–water partition coefficient (Wildman–Crippen LogP) is 1.54. The zero-order valence-electron chi connectivity index (χ0n) is 11.4. The molecule has 0 saturated carbocycles. The third kappa shape index (κ3) is 2.72. The molecule has 19 heavy (non-hydrogen) atoms. The van der Waals surface area contributed by atoms with Crippen LogP contribution in [0, 0.1) is 6.92 Å². The number of carboxylic acid groups (broad SMARTS) is 1. The van der Waals surface area contributed by atoms with Crippen LogP contribution in [-0.4, -0.2) is 50.6 Å². The van der Waals surface area contributed by atoms with E-state index in [0.29, 0.717) is 18.7 Å². The van der Waals surface area contributed by atoms with Crippen LogP contribution in [-0.2, 0) is 9.47 Å². The normalized spacial score (nSPS) is 22.8. The molecular weight excluding hydrogens is 246 g/mol. The lowest BCUT2D eigenvalue weighted by atomic mass is 10.1. The zero-order valence-corrected chi connectivity index (χ0v) is 11.4. The first-order chi connectivity index (χ1) is 9.06. The van der Waals surface area contributed by atoms with Crippen molar-refractivity contribution in [3.63, 3.8) is 0 Å². The lowest BCUT2D eigenvalue weighted by Gasteiger charge is -2.20. The second-order valence-electron chi connectivity index (χ2n) is 4.78. The van der Waals surface area contributed by atoms with Crippen molar-refractivity contribution in [1.29, 1.82) is 0 Å². The highest BCUT2D eigenvalue weighted by Gasteiger charge is 2.34. The van der Waals surface area contributed by atoms with Gasteiger partial charge in [0.05, 0.1) is 11.3 Å². The van der Waals surface area contributed by atoms with Gasteiger partial charge in [0, 0.05) is 27.3 Å². The number of carbonyl (C=O) groups is 1. The molecule has 0 aliphatic carbocycles. The van der Waals surface area contributed by atoms with Crippen molar-refractivity contribution in [3.05, 3.63) is 29.3 Å². The average molecular weight is 265 g/mol. The van der Waals surface area contributed by atoms with Crippen molar-refractivity contribution in [2.75, 3.05) is 32.2 Å². The van der Waals surface area contributed by atoms with Crippen LogP contribution in [0.2, 0.25) is 0 Å². The zero-order chi connectivity index (χ0) is 14.0. The van der Waals surface area contributed by atoms with Crippen molar-refractivity contribution >= 4 is 11.7 Å². The van der Waals surface area contributed by atoms with Gasteiger partial charge >= 0.3 is 5.97 Å². The molecular formula is C14H19NO4. The smallest absolute Gasteiger partial charge is 0.337 e. The summed E-state index contributed by atoms with van der Waals surface area (Å²) < 4.78 is 10.8. The molecule has 1 aliphatic rings. The van der Waals surface area contributed by atoms with E-state index in [1.807, 2.05) is 24.0 Å². The fourth-order valence-corrected chi connectivity index (χ4v) is 2.49. The molecule has 1 fully saturated rings. The van der Waals surface area contributed by atoms with E-state index in [4.69, 9.17) is 9.47 Å². The molecule has 0 amide bonds. The quantitative estimate of drug-likeness (QED) is 0.895. The number of carboxylic acids is 1. The highest BCUT2D eigenvalue weighted by Crippen LogP contribution is 2.27. The maximum atomic E-state index is 11.3. The molecule has 0 aromatic heterocycles. The van der Waals surface area contributed by atoms with Crippen molar-refractivity contribution in [3.8, 4) is 0 Å². The number of anilines is 1. The Kier molecular flexibility index (Phi) is 4.07. The molecule has 1 saturated heterocycles. The van der Waals surface area contributed by atoms with Crippen molar-refractivity contribution in [1.82, 2.24) is 0 Å². The fourth-order valence-electron chi connectivity index (χ4n) is 2.49. The van der Waals surface area contributed by atoms with E-state index in [2.05, 4.69) is 0 Å². The van der Waals surface area contributed by atoms with Crippen LogP contribution in [0.4, 0.5) is 5.69 Å². The molecule has 5 nitrogen and oxygen atoms in total. The summed E-state index contributed by atoms with van der Waals surface area (Å²) in [5.41, 5.74) is 1.98. The van der Waals surface area contributed by atoms with Gasteiger partial charge < -0.3 is 19.5 Å². The minimum Gasteiger partial charge on any atom is -0.478 e. The van der Waals surface area contributed by atoms with Crippen LogP contribution in [0.3, 0.4) is 0 Å². The number of aryl methyl sites for hydroxylation is 1. The lowest BCUT2D eigenvalue weighted by Crippen LogP contribution is -2.27. The monoisotopic (exact) mass is 265 g/mol. The first-order valence-electron chi connectivity index (χ1n) is 6.21. The summed E-state index contributed by atoms with van der Waals surface area (Å²) >= 11 is 0. The Balaban J connectivity index is 2.30. The molecule has 2 atom stereocenters. The van der Waals surface area contributed by atoms with E-state index in [0.717, 1.165) is 11.3 Å². The van der Waals surface area contributed by atoms with E-state index in [1.54, 1.807) is 20.3 Å². The van der Waals surface area contributed by atoms with Gasteiger partial charge in [-0.25, -0.2) is 4.79 Å². The van der Waals surface area contributed by atoms with E-state index in [1.165, 1.54) is 0 Å². The summed E-state index contributed by atoms with van der Waals surface area (Å²) in [7, 11) is 3.29. The van der Waals surface area contributed by atoms with Gasteiger partial charge in [-0.2, -0.15) is 0 Å². The number of hydrogen-bond acceptors (Lipinski definition) is 4. The van der Waals surface area contributed by atoms with Gasteiger partial charge in [-0.15, -0.1) is 0 Å². The summed E-state index contributed by atoms with van der Waals surface area (Å²) in [5, 5.41) is 9.31. The molecule has 1 aliphatic heterocycles. The predicted molar refractivity (Wildman–Crippen MR) is 71.9 cm³/mol. The van der Waals surface area contributed by atoms with Crippen LogP contribution in [0.1, 0.15) is 15.9 Å². The summed E-state index contributed by atoms with van der Waals surface area (Å²) in [6.07, 6.45) is -0.0686. The summed E-state index contributed by atoms with van der Waals surface area (Å²) in [6.45, 7) is 3.16. The SMILES string of the molecule is COC1CN(c2ccc(C)cc2C(=O)O)CC1OC. The molecule has 1 heterocycles. The van der Waals surface area contributed by atoms with Crippen molar-refractivity contribution in [2.45, 2.75) is 19.1 Å². The number of aromatic carboxylic acids is 1. The van der Waals surface area contributed by atoms with E-state index in [9.17, 15) is 9.90 Å².